The Labute approximate surface area is 275 Å². The number of unbranched alkanes of at least 4 members (excludes halogenated alkanes) is 1. The minimum absolute atomic E-state index is 0.0858. The van der Waals surface area contributed by atoms with Gasteiger partial charge in [0.2, 0.25) is 23.5 Å². The second-order valence-electron chi connectivity index (χ2n) is 13.6. The Morgan fingerprint density at radius 1 is 0.913 bits per heavy atom. The topological polar surface area (TPSA) is 157 Å². The summed E-state index contributed by atoms with van der Waals surface area (Å²) in [7, 11) is 0. The largest absolute Gasteiger partial charge is 0.350 e. The minimum Gasteiger partial charge on any atom is -0.350 e. The third-order valence-electron chi connectivity index (χ3n) is 8.87. The molecule has 260 valence electrons. The maximum absolute atomic E-state index is 13.9. The highest BCUT2D eigenvalue weighted by molar-refractivity contribution is 6.37. The van der Waals surface area contributed by atoms with E-state index in [-0.39, 0.29) is 35.7 Å². The number of likely N-dealkylation sites (N-methyl/N-ethyl adjacent to an activating group) is 1. The number of ketones is 1. The van der Waals surface area contributed by atoms with Crippen LogP contribution in [0.3, 0.4) is 0 Å². The Kier molecular flexibility index (Phi) is 16.2. The van der Waals surface area contributed by atoms with Crippen molar-refractivity contribution in [3.63, 3.8) is 0 Å². The summed E-state index contributed by atoms with van der Waals surface area (Å²) in [4.78, 5) is 79.8. The molecule has 3 rings (SSSR count). The number of nitrogens with one attached hydrogen (secondary N) is 4. The maximum Gasteiger partial charge on any atom is 0.315 e. The van der Waals surface area contributed by atoms with E-state index in [2.05, 4.69) is 35.1 Å². The molecule has 12 heteroatoms. The number of likely N-dealkylation sites (tertiary alicyclic amines) is 1. The summed E-state index contributed by atoms with van der Waals surface area (Å²) in [5.74, 6) is -2.48. The zero-order valence-electron chi connectivity index (χ0n) is 28.9. The molecular formula is C34H58N6O6. The van der Waals surface area contributed by atoms with Gasteiger partial charge in [0.15, 0.2) is 0 Å². The van der Waals surface area contributed by atoms with E-state index in [1.54, 1.807) is 24.0 Å². The van der Waals surface area contributed by atoms with E-state index in [1.807, 2.05) is 20.8 Å². The Bertz CT molecular complexity index is 1080. The van der Waals surface area contributed by atoms with E-state index >= 15 is 0 Å². The molecule has 0 aromatic rings. The highest BCUT2D eigenvalue weighted by Gasteiger charge is 2.40. The highest BCUT2D eigenvalue weighted by Crippen LogP contribution is 2.29. The van der Waals surface area contributed by atoms with Gasteiger partial charge in [-0.15, -0.1) is 0 Å². The summed E-state index contributed by atoms with van der Waals surface area (Å²) in [6, 6.07) is -2.61. The molecule has 4 N–H and O–H groups in total. The third kappa shape index (κ3) is 12.1. The second kappa shape index (κ2) is 19.3. The summed E-state index contributed by atoms with van der Waals surface area (Å²) in [6.07, 6.45) is 12.8. The van der Waals surface area contributed by atoms with Crippen LogP contribution in [0.15, 0.2) is 12.2 Å². The molecule has 0 radical (unpaired) electrons. The first-order chi connectivity index (χ1) is 21.8. The Morgan fingerprint density at radius 2 is 1.59 bits per heavy atom. The van der Waals surface area contributed by atoms with Crippen LogP contribution >= 0.6 is 0 Å². The number of urea groups is 1. The molecule has 0 spiro atoms. The van der Waals surface area contributed by atoms with Crippen molar-refractivity contribution in [1.82, 2.24) is 31.1 Å². The molecule has 1 aliphatic carbocycles. The number of nitrogens with zero attached hydrogens (tertiary/aromatic N) is 2. The number of Topliss-reactive ketones (excluding diaryl/α,β-unsaturated/α-hetero) is 1. The van der Waals surface area contributed by atoms with Crippen molar-refractivity contribution in [3.05, 3.63) is 12.2 Å². The number of carbonyl (C=O) groups is 6. The predicted octanol–water partition coefficient (Wildman–Crippen LogP) is 3.06. The van der Waals surface area contributed by atoms with Crippen LogP contribution in [0.5, 0.6) is 0 Å². The zero-order valence-corrected chi connectivity index (χ0v) is 28.9. The lowest BCUT2D eigenvalue weighted by molar-refractivity contribution is -0.141. The van der Waals surface area contributed by atoms with Crippen LogP contribution in [0, 0.1) is 11.3 Å². The van der Waals surface area contributed by atoms with Gasteiger partial charge in [-0.25, -0.2) is 4.79 Å². The van der Waals surface area contributed by atoms with Crippen LogP contribution in [0.25, 0.3) is 0 Å². The molecule has 3 atom stereocenters. The second-order valence-corrected chi connectivity index (χ2v) is 13.6. The van der Waals surface area contributed by atoms with E-state index in [0.29, 0.717) is 26.1 Å². The Hall–Kier alpha value is -3.44. The van der Waals surface area contributed by atoms with Crippen LogP contribution in [0.2, 0.25) is 0 Å². The van der Waals surface area contributed by atoms with Gasteiger partial charge < -0.3 is 31.1 Å². The van der Waals surface area contributed by atoms with Crippen LogP contribution in [0.1, 0.15) is 106 Å². The van der Waals surface area contributed by atoms with Gasteiger partial charge in [0.1, 0.15) is 12.1 Å². The average molecular weight is 647 g/mol. The van der Waals surface area contributed by atoms with Gasteiger partial charge in [-0.3, -0.25) is 24.0 Å². The first-order valence-corrected chi connectivity index (χ1v) is 17.2. The molecule has 2 fully saturated rings. The van der Waals surface area contributed by atoms with E-state index < -0.39 is 42.3 Å². The van der Waals surface area contributed by atoms with Gasteiger partial charge in [0.05, 0.1) is 12.6 Å². The highest BCUT2D eigenvalue weighted by atomic mass is 16.2. The summed E-state index contributed by atoms with van der Waals surface area (Å²) in [6.45, 7) is 13.1. The van der Waals surface area contributed by atoms with Gasteiger partial charge >= 0.3 is 6.03 Å². The minimum atomic E-state index is -0.956. The first-order valence-electron chi connectivity index (χ1n) is 17.2. The quantitative estimate of drug-likeness (QED) is 0.189. The van der Waals surface area contributed by atoms with Crippen molar-refractivity contribution in [1.29, 1.82) is 0 Å². The van der Waals surface area contributed by atoms with Crippen molar-refractivity contribution in [2.75, 3.05) is 32.7 Å². The number of hydrogen-bond acceptors (Lipinski definition) is 6. The van der Waals surface area contributed by atoms with Gasteiger partial charge in [0, 0.05) is 32.6 Å². The smallest absolute Gasteiger partial charge is 0.315 e. The molecular weight excluding hydrogens is 588 g/mol. The lowest BCUT2D eigenvalue weighted by atomic mass is 9.83. The number of piperidine rings is 1. The lowest BCUT2D eigenvalue weighted by Crippen LogP contribution is -2.60. The van der Waals surface area contributed by atoms with E-state index in [4.69, 9.17) is 0 Å². The average Bonchev–Trinajstić information content (AvgIpc) is 3.53. The van der Waals surface area contributed by atoms with Crippen molar-refractivity contribution < 1.29 is 28.8 Å². The summed E-state index contributed by atoms with van der Waals surface area (Å²) in [5, 5.41) is 10.8. The van der Waals surface area contributed by atoms with Crippen molar-refractivity contribution in [2.45, 2.75) is 124 Å². The predicted molar refractivity (Wildman–Crippen MR) is 178 cm³/mol. The fraction of sp³-hybridized carbons (Fsp3) is 0.765. The van der Waals surface area contributed by atoms with Crippen molar-refractivity contribution in [3.8, 4) is 0 Å². The number of carbonyl (C=O) groups excluding carboxylic acids is 6. The van der Waals surface area contributed by atoms with Crippen molar-refractivity contribution >= 4 is 35.4 Å². The van der Waals surface area contributed by atoms with E-state index in [1.165, 1.54) is 17.7 Å². The standard InChI is InChI=1S/C30H48N6O6.C4H10/c1-5-31-27(40)22(37)18-32-26(39)21-14-11-17-36(21)28(41)25(20-12-7-6-8-13-20)34-29(42)33-23(30(2,3)4)19-35-16-10-9-15-24(35)38;1-3-4-2/h11,14,20-21,23,25H,5-10,12-13,15-19H2,1-4H3,(H,31,40)(H,32,39)(H2,33,34,42);3-4H2,1-2H3/t21-,23+,25-;/m0./s1. The molecule has 3 aliphatic rings. The molecule has 1 saturated carbocycles. The molecule has 46 heavy (non-hydrogen) atoms. The molecule has 0 aromatic heterocycles. The molecule has 0 aromatic carbocycles. The molecule has 2 heterocycles. The summed E-state index contributed by atoms with van der Waals surface area (Å²) >= 11 is 0. The summed E-state index contributed by atoms with van der Waals surface area (Å²) < 4.78 is 0. The Morgan fingerprint density at radius 3 is 2.17 bits per heavy atom. The molecule has 1 saturated heterocycles. The van der Waals surface area contributed by atoms with Crippen LogP contribution < -0.4 is 21.3 Å². The van der Waals surface area contributed by atoms with Gasteiger partial charge in [-0.2, -0.15) is 0 Å². The van der Waals surface area contributed by atoms with Gasteiger partial charge in [-0.05, 0) is 43.9 Å². The fourth-order valence-electron chi connectivity index (χ4n) is 5.77. The molecule has 0 bridgehead atoms. The number of rotatable bonds is 12. The lowest BCUT2D eigenvalue weighted by Gasteiger charge is -2.38. The SMILES string of the molecule is CCCC.CCNC(=O)C(=O)CNC(=O)[C@@H]1C=CCN1C(=O)[C@@H](NC(=O)N[C@H](CN1CCCCC1=O)C(C)(C)C)C1CCCCC1. The van der Waals surface area contributed by atoms with Crippen LogP contribution in [-0.4, -0.2) is 96.1 Å². The van der Waals surface area contributed by atoms with Crippen LogP contribution in [-0.2, 0) is 24.0 Å². The fourth-order valence-corrected chi connectivity index (χ4v) is 5.77. The normalized spacial score (nSPS) is 19.8. The van der Waals surface area contributed by atoms with Crippen molar-refractivity contribution in [2.24, 2.45) is 11.3 Å². The molecule has 6 amide bonds. The molecule has 2 aliphatic heterocycles. The van der Waals surface area contributed by atoms with E-state index in [9.17, 15) is 28.8 Å². The van der Waals surface area contributed by atoms with Gasteiger partial charge in [0.25, 0.3) is 5.91 Å². The van der Waals surface area contributed by atoms with E-state index in [0.717, 1.165) is 44.9 Å². The first kappa shape index (κ1) is 38.7. The molecule has 0 unspecified atom stereocenters. The maximum atomic E-state index is 13.9. The Balaban J connectivity index is 0.00000173. The third-order valence-corrected chi connectivity index (χ3v) is 8.87. The monoisotopic (exact) mass is 646 g/mol. The van der Waals surface area contributed by atoms with Crippen LogP contribution in [0.4, 0.5) is 4.79 Å². The summed E-state index contributed by atoms with van der Waals surface area (Å²) in [5.41, 5.74) is -0.340. The molecule has 12 nitrogen and oxygen atoms in total. The van der Waals surface area contributed by atoms with Gasteiger partial charge in [-0.1, -0.05) is 78.9 Å². The number of amides is 6. The zero-order chi connectivity index (χ0) is 34.3. The number of hydrogen-bond donors (Lipinski definition) is 4.